The average molecular weight is 243 g/mol. The number of nitrogens with two attached hydrogens (primary N) is 1. The molecule has 0 aliphatic carbocycles. The minimum absolute atomic E-state index is 0.00822. The lowest BCUT2D eigenvalue weighted by Gasteiger charge is -2.32. The van der Waals surface area contributed by atoms with Crippen LogP contribution in [0.5, 0.6) is 0 Å². The molecule has 0 saturated carbocycles. The van der Waals surface area contributed by atoms with Gasteiger partial charge >= 0.3 is 6.03 Å². The fourth-order valence-electron chi connectivity index (χ4n) is 2.28. The van der Waals surface area contributed by atoms with Crippen molar-refractivity contribution in [2.24, 2.45) is 5.73 Å². The van der Waals surface area contributed by atoms with Crippen molar-refractivity contribution < 1.29 is 14.7 Å². The quantitative estimate of drug-likeness (QED) is 0.640. The molecule has 0 aromatic carbocycles. The van der Waals surface area contributed by atoms with Crippen molar-refractivity contribution in [1.82, 2.24) is 10.2 Å². The van der Waals surface area contributed by atoms with Gasteiger partial charge in [0.2, 0.25) is 5.91 Å². The molecule has 1 heterocycles. The van der Waals surface area contributed by atoms with Crippen LogP contribution < -0.4 is 11.1 Å². The molecule has 6 nitrogen and oxygen atoms in total. The number of aliphatic hydroxyl groups excluding tert-OH is 1. The second-order valence-electron chi connectivity index (χ2n) is 4.45. The third-order valence-electron chi connectivity index (χ3n) is 3.26. The zero-order valence-electron chi connectivity index (χ0n) is 10.2. The Morgan fingerprint density at radius 3 is 2.76 bits per heavy atom. The zero-order valence-corrected chi connectivity index (χ0v) is 10.2. The molecule has 0 bridgehead atoms. The fraction of sp³-hybridized carbons (Fsp3) is 0.818. The largest absolute Gasteiger partial charge is 0.395 e. The second kappa shape index (κ2) is 6.56. The van der Waals surface area contributed by atoms with Crippen LogP contribution in [-0.4, -0.2) is 47.2 Å². The van der Waals surface area contributed by atoms with Gasteiger partial charge < -0.3 is 10.8 Å². The van der Waals surface area contributed by atoms with E-state index in [4.69, 9.17) is 5.73 Å². The smallest absolute Gasteiger partial charge is 0.318 e. The number of nitrogens with one attached hydrogen (secondary N) is 1. The molecular formula is C11H21N3O3. The normalized spacial score (nSPS) is 23.8. The van der Waals surface area contributed by atoms with Gasteiger partial charge in [0.05, 0.1) is 12.6 Å². The minimum Gasteiger partial charge on any atom is -0.395 e. The van der Waals surface area contributed by atoms with E-state index in [0.717, 1.165) is 32.2 Å². The number of imide groups is 1. The number of primary amides is 1. The Morgan fingerprint density at radius 1 is 1.47 bits per heavy atom. The van der Waals surface area contributed by atoms with Crippen LogP contribution in [-0.2, 0) is 4.79 Å². The first-order valence-corrected chi connectivity index (χ1v) is 6.03. The summed E-state index contributed by atoms with van der Waals surface area (Å²) in [6, 6.07) is -1.29. The van der Waals surface area contributed by atoms with Gasteiger partial charge in [-0.2, -0.15) is 0 Å². The number of hydrogen-bond donors (Lipinski definition) is 3. The number of hydrogen-bond acceptors (Lipinski definition) is 4. The summed E-state index contributed by atoms with van der Waals surface area (Å²) in [5.41, 5.74) is 4.92. The summed E-state index contributed by atoms with van der Waals surface area (Å²) >= 11 is 0. The van der Waals surface area contributed by atoms with Gasteiger partial charge in [-0.05, 0) is 26.3 Å². The molecule has 1 aliphatic rings. The van der Waals surface area contributed by atoms with Crippen LogP contribution in [0.15, 0.2) is 0 Å². The molecule has 17 heavy (non-hydrogen) atoms. The number of rotatable bonds is 3. The fourth-order valence-corrected chi connectivity index (χ4v) is 2.28. The van der Waals surface area contributed by atoms with Crippen LogP contribution in [0.25, 0.3) is 0 Å². The summed E-state index contributed by atoms with van der Waals surface area (Å²) in [5, 5.41) is 11.4. The third kappa shape index (κ3) is 3.98. The van der Waals surface area contributed by atoms with Gasteiger partial charge in [-0.25, -0.2) is 4.79 Å². The van der Waals surface area contributed by atoms with Crippen LogP contribution in [0.2, 0.25) is 0 Å². The van der Waals surface area contributed by atoms with E-state index in [1.54, 1.807) is 6.92 Å². The van der Waals surface area contributed by atoms with Crippen LogP contribution in [0.3, 0.4) is 0 Å². The molecule has 1 rings (SSSR count). The van der Waals surface area contributed by atoms with Crippen molar-refractivity contribution in [2.45, 2.75) is 44.7 Å². The molecule has 0 radical (unpaired) electrons. The Kier molecular flexibility index (Phi) is 5.37. The van der Waals surface area contributed by atoms with Crippen molar-refractivity contribution in [3.8, 4) is 0 Å². The van der Waals surface area contributed by atoms with E-state index in [2.05, 4.69) is 5.32 Å². The summed E-state index contributed by atoms with van der Waals surface area (Å²) in [7, 11) is 0. The van der Waals surface area contributed by atoms with Crippen molar-refractivity contribution in [3.05, 3.63) is 0 Å². The maximum Gasteiger partial charge on any atom is 0.318 e. The van der Waals surface area contributed by atoms with Gasteiger partial charge in [-0.15, -0.1) is 0 Å². The molecular weight excluding hydrogens is 222 g/mol. The van der Waals surface area contributed by atoms with Crippen LogP contribution in [0, 0.1) is 0 Å². The number of amides is 3. The molecule has 2 atom stereocenters. The average Bonchev–Trinajstić information content (AvgIpc) is 2.51. The predicted molar refractivity (Wildman–Crippen MR) is 63.2 cm³/mol. The molecule has 0 spiro atoms. The van der Waals surface area contributed by atoms with E-state index in [9.17, 15) is 14.7 Å². The first-order chi connectivity index (χ1) is 8.06. The third-order valence-corrected chi connectivity index (χ3v) is 3.26. The highest BCUT2D eigenvalue weighted by Gasteiger charge is 2.29. The van der Waals surface area contributed by atoms with Crippen molar-refractivity contribution >= 4 is 11.9 Å². The Balaban J connectivity index is 2.65. The predicted octanol–water partition coefficient (Wildman–Crippen LogP) is -0.193. The molecule has 3 amide bonds. The lowest BCUT2D eigenvalue weighted by Crippen LogP contribution is -2.52. The highest BCUT2D eigenvalue weighted by Crippen LogP contribution is 2.18. The van der Waals surface area contributed by atoms with Gasteiger partial charge in [-0.3, -0.25) is 15.0 Å². The van der Waals surface area contributed by atoms with E-state index in [1.807, 2.05) is 4.90 Å². The maximum atomic E-state index is 11.7. The van der Waals surface area contributed by atoms with Gasteiger partial charge in [0.1, 0.15) is 0 Å². The number of likely N-dealkylation sites (tertiary alicyclic amines) is 1. The monoisotopic (exact) mass is 243 g/mol. The highest BCUT2D eigenvalue weighted by atomic mass is 16.3. The number of urea groups is 1. The molecule has 2 unspecified atom stereocenters. The van der Waals surface area contributed by atoms with E-state index in [1.165, 1.54) is 0 Å². The standard InChI is InChI=1S/C11H21N3O3/c1-8(10(16)13-11(12)17)14-6-4-2-3-5-9(14)7-15/h8-9,15H,2-7H2,1H3,(H3,12,13,16,17). The molecule has 1 aliphatic heterocycles. The molecule has 6 heteroatoms. The van der Waals surface area contributed by atoms with Gasteiger partial charge in [0.25, 0.3) is 0 Å². The first-order valence-electron chi connectivity index (χ1n) is 6.03. The number of carbonyl (C=O) groups excluding carboxylic acids is 2. The van der Waals surface area contributed by atoms with E-state index < -0.39 is 18.0 Å². The topological polar surface area (TPSA) is 95.7 Å². The lowest BCUT2D eigenvalue weighted by atomic mass is 10.1. The Bertz CT molecular complexity index is 283. The Morgan fingerprint density at radius 2 is 2.18 bits per heavy atom. The van der Waals surface area contributed by atoms with Gasteiger partial charge in [0.15, 0.2) is 0 Å². The van der Waals surface area contributed by atoms with Crippen molar-refractivity contribution in [1.29, 1.82) is 0 Å². The molecule has 1 saturated heterocycles. The molecule has 0 aromatic rings. The summed E-state index contributed by atoms with van der Waals surface area (Å²) < 4.78 is 0. The van der Waals surface area contributed by atoms with Gasteiger partial charge in [0, 0.05) is 6.04 Å². The SMILES string of the molecule is CC(C(=O)NC(N)=O)N1CCCCCC1CO. The molecule has 0 aromatic heterocycles. The summed E-state index contributed by atoms with van der Waals surface area (Å²) in [6.45, 7) is 2.53. The van der Waals surface area contributed by atoms with E-state index in [0.29, 0.717) is 0 Å². The van der Waals surface area contributed by atoms with Crippen molar-refractivity contribution in [2.75, 3.05) is 13.2 Å². The highest BCUT2D eigenvalue weighted by molar-refractivity contribution is 5.96. The van der Waals surface area contributed by atoms with Crippen molar-refractivity contribution in [3.63, 3.8) is 0 Å². The molecule has 98 valence electrons. The lowest BCUT2D eigenvalue weighted by molar-refractivity contribution is -0.125. The van der Waals surface area contributed by atoms with Crippen LogP contribution in [0.4, 0.5) is 4.79 Å². The number of nitrogens with zero attached hydrogens (tertiary/aromatic N) is 1. The maximum absolute atomic E-state index is 11.7. The summed E-state index contributed by atoms with van der Waals surface area (Å²) in [5.74, 6) is -0.405. The van der Waals surface area contributed by atoms with Gasteiger partial charge in [-0.1, -0.05) is 12.8 Å². The Labute approximate surface area is 101 Å². The summed E-state index contributed by atoms with van der Waals surface area (Å²) in [4.78, 5) is 24.3. The first kappa shape index (κ1) is 13.9. The minimum atomic E-state index is -0.836. The Hall–Kier alpha value is -1.14. The van der Waals surface area contributed by atoms with Crippen LogP contribution in [0.1, 0.15) is 32.6 Å². The van der Waals surface area contributed by atoms with E-state index >= 15 is 0 Å². The second-order valence-corrected chi connectivity index (χ2v) is 4.45. The number of aliphatic hydroxyl groups is 1. The molecule has 1 fully saturated rings. The van der Waals surface area contributed by atoms with Crippen LogP contribution >= 0.6 is 0 Å². The summed E-state index contributed by atoms with van der Waals surface area (Å²) in [6.07, 6.45) is 4.05. The number of carbonyl (C=O) groups is 2. The zero-order chi connectivity index (χ0) is 12.8. The van der Waals surface area contributed by atoms with E-state index in [-0.39, 0.29) is 12.6 Å². The molecule has 4 N–H and O–H groups in total.